The molecule has 227 valence electrons. The molecule has 1 radical (unpaired) electrons. The Kier molecular flexibility index (Phi) is 8.39. The number of benzene rings is 3. The van der Waals surface area contributed by atoms with Crippen molar-refractivity contribution in [3.8, 4) is 22.6 Å². The minimum atomic E-state index is -0.0833. The molecule has 1 fully saturated rings. The van der Waals surface area contributed by atoms with Gasteiger partial charge in [0.2, 0.25) is 0 Å². The van der Waals surface area contributed by atoms with E-state index in [2.05, 4.69) is 116 Å². The van der Waals surface area contributed by atoms with Gasteiger partial charge in [0.1, 0.15) is 0 Å². The van der Waals surface area contributed by atoms with E-state index in [1.807, 2.05) is 30.5 Å². The van der Waals surface area contributed by atoms with Crippen LogP contribution in [0.4, 0.5) is 5.69 Å². The molecule has 1 aliphatic carbocycles. The van der Waals surface area contributed by atoms with Crippen molar-refractivity contribution in [2.45, 2.75) is 77.9 Å². The number of hydrogen-bond donors (Lipinski definition) is 0. The second-order valence-electron chi connectivity index (χ2n) is 13.0. The number of fused-ring (bicyclic) bond motifs is 3. The fraction of sp³-hybridized carbons (Fsp3) is 0.333. The molecule has 5 aromatic rings. The molecular formula is C39H40IrN4-2. The van der Waals surface area contributed by atoms with E-state index in [-0.39, 0.29) is 25.6 Å². The molecule has 1 atom stereocenters. The van der Waals surface area contributed by atoms with Gasteiger partial charge >= 0.3 is 0 Å². The van der Waals surface area contributed by atoms with Gasteiger partial charge in [0.15, 0.2) is 0 Å². The molecule has 2 aromatic heterocycles. The van der Waals surface area contributed by atoms with E-state index in [0.717, 1.165) is 28.2 Å². The Morgan fingerprint density at radius 3 is 2.45 bits per heavy atom. The van der Waals surface area contributed by atoms with Crippen LogP contribution in [-0.2, 0) is 25.6 Å². The summed E-state index contributed by atoms with van der Waals surface area (Å²) in [6.45, 7) is 11.3. The van der Waals surface area contributed by atoms with E-state index in [0.29, 0.717) is 18.0 Å². The molecule has 5 heteroatoms. The minimum Gasteiger partial charge on any atom is -0.403 e. The van der Waals surface area contributed by atoms with Crippen LogP contribution < -0.4 is 4.90 Å². The first-order valence-corrected chi connectivity index (χ1v) is 15.8. The molecule has 0 amide bonds. The van der Waals surface area contributed by atoms with Crippen molar-refractivity contribution >= 4 is 22.3 Å². The Hall–Kier alpha value is -3.53. The van der Waals surface area contributed by atoms with Gasteiger partial charge < -0.3 is 14.5 Å². The number of nitrogens with zero attached hydrogens (tertiary/aromatic N) is 4. The number of anilines is 1. The summed E-state index contributed by atoms with van der Waals surface area (Å²) in [4.78, 5) is 12.0. The van der Waals surface area contributed by atoms with Gasteiger partial charge in [-0.1, -0.05) is 37.1 Å². The molecule has 0 saturated heterocycles. The monoisotopic (exact) mass is 757 g/mol. The SMILES string of the molecule is CC(C)N1c2ccc[c-]c2-c2ncccc2C1C.CC1(C)C=C(C2CCCC2)c2cccc3nc(-c4[c-]cccc4)n1c23.[Ir]. The Morgan fingerprint density at radius 2 is 1.70 bits per heavy atom. The molecule has 4 heterocycles. The molecule has 8 rings (SSSR count). The van der Waals surface area contributed by atoms with E-state index in [1.165, 1.54) is 48.0 Å². The van der Waals surface area contributed by atoms with Crippen LogP contribution in [0, 0.1) is 18.1 Å². The maximum Gasteiger partial charge on any atom is 0.0777 e. The minimum absolute atomic E-state index is 0. The standard InChI is InChI=1S/C23H23N2.C16H17N2.Ir/c1-23(2)15-19(16-9-6-7-10-16)18-13-8-14-20-21(18)25(23)22(24-20)17-11-4-3-5-12-17;1-11(2)18-12(3)13-8-6-10-17-16(13)14-7-4-5-9-15(14)18;/h3-5,8,11,13-16H,6-7,9-10H2,1-2H3;4-6,8-12H,1-3H3;/q2*-1;. The number of rotatable bonds is 3. The molecule has 3 aliphatic rings. The molecule has 44 heavy (non-hydrogen) atoms. The van der Waals surface area contributed by atoms with Crippen LogP contribution in [0.1, 0.15) is 77.5 Å². The third-order valence-corrected chi connectivity index (χ3v) is 9.43. The Bertz CT molecular complexity index is 1810. The number of aromatic nitrogens is 3. The van der Waals surface area contributed by atoms with Crippen molar-refractivity contribution in [2.75, 3.05) is 4.90 Å². The number of allylic oxidation sites excluding steroid dienone is 2. The van der Waals surface area contributed by atoms with E-state index < -0.39 is 0 Å². The number of para-hydroxylation sites is 1. The van der Waals surface area contributed by atoms with E-state index in [9.17, 15) is 0 Å². The van der Waals surface area contributed by atoms with E-state index in [1.54, 1.807) is 5.57 Å². The van der Waals surface area contributed by atoms with Gasteiger partial charge in [0.25, 0.3) is 0 Å². The van der Waals surface area contributed by atoms with Gasteiger partial charge in [-0.05, 0) is 88.0 Å². The van der Waals surface area contributed by atoms with Crippen molar-refractivity contribution in [3.63, 3.8) is 0 Å². The maximum atomic E-state index is 5.01. The van der Waals surface area contributed by atoms with Crippen LogP contribution in [0.15, 0.2) is 85.1 Å². The molecular weight excluding hydrogens is 717 g/mol. The number of hydrogen-bond acceptors (Lipinski definition) is 3. The zero-order valence-corrected chi connectivity index (χ0v) is 28.7. The zero-order valence-electron chi connectivity index (χ0n) is 26.3. The summed E-state index contributed by atoms with van der Waals surface area (Å²) in [6.07, 6.45) is 9.74. The molecule has 0 spiro atoms. The first kappa shape index (κ1) is 30.5. The largest absolute Gasteiger partial charge is 0.403 e. The molecule has 4 nitrogen and oxygen atoms in total. The summed E-state index contributed by atoms with van der Waals surface area (Å²) in [5, 5.41) is 0. The topological polar surface area (TPSA) is 34.0 Å². The predicted molar refractivity (Wildman–Crippen MR) is 178 cm³/mol. The van der Waals surface area contributed by atoms with Crippen LogP contribution in [0.2, 0.25) is 0 Å². The first-order valence-electron chi connectivity index (χ1n) is 15.8. The van der Waals surface area contributed by atoms with Crippen molar-refractivity contribution in [1.29, 1.82) is 0 Å². The molecule has 0 bridgehead atoms. The quantitative estimate of drug-likeness (QED) is 0.172. The van der Waals surface area contributed by atoms with Gasteiger partial charge in [0, 0.05) is 43.9 Å². The third kappa shape index (κ3) is 5.14. The Labute approximate surface area is 275 Å². The van der Waals surface area contributed by atoms with Gasteiger partial charge in [-0.3, -0.25) is 4.98 Å². The fourth-order valence-corrected chi connectivity index (χ4v) is 7.61. The van der Waals surface area contributed by atoms with Crippen LogP contribution in [-0.4, -0.2) is 20.6 Å². The summed E-state index contributed by atoms with van der Waals surface area (Å²) >= 11 is 0. The van der Waals surface area contributed by atoms with Crippen LogP contribution in [0.5, 0.6) is 0 Å². The summed E-state index contributed by atoms with van der Waals surface area (Å²) < 4.78 is 2.42. The normalized spacial score (nSPS) is 18.2. The van der Waals surface area contributed by atoms with Crippen molar-refractivity contribution < 1.29 is 20.1 Å². The van der Waals surface area contributed by atoms with Crippen molar-refractivity contribution in [2.24, 2.45) is 5.92 Å². The predicted octanol–water partition coefficient (Wildman–Crippen LogP) is 9.66. The smallest absolute Gasteiger partial charge is 0.0777 e. The van der Waals surface area contributed by atoms with E-state index in [4.69, 9.17) is 4.98 Å². The summed E-state index contributed by atoms with van der Waals surface area (Å²) in [5.41, 5.74) is 11.0. The third-order valence-electron chi connectivity index (χ3n) is 9.43. The fourth-order valence-electron chi connectivity index (χ4n) is 7.61. The summed E-state index contributed by atoms with van der Waals surface area (Å²) in [7, 11) is 0. The average Bonchev–Trinajstić information content (AvgIpc) is 3.70. The molecule has 1 saturated carbocycles. The van der Waals surface area contributed by atoms with E-state index >= 15 is 0 Å². The summed E-state index contributed by atoms with van der Waals surface area (Å²) in [5.74, 6) is 1.73. The second-order valence-corrected chi connectivity index (χ2v) is 13.0. The second kappa shape index (κ2) is 12.1. The van der Waals surface area contributed by atoms with Crippen LogP contribution in [0.3, 0.4) is 0 Å². The Morgan fingerprint density at radius 1 is 0.909 bits per heavy atom. The number of imidazole rings is 1. The van der Waals surface area contributed by atoms with Crippen molar-refractivity contribution in [3.05, 3.63) is 108 Å². The maximum absolute atomic E-state index is 5.01. The molecule has 3 aromatic carbocycles. The number of pyridine rings is 1. The van der Waals surface area contributed by atoms with Crippen LogP contribution >= 0.6 is 0 Å². The molecule has 0 N–H and O–H groups in total. The zero-order chi connectivity index (χ0) is 29.7. The molecule has 1 unspecified atom stereocenters. The average molecular weight is 757 g/mol. The first-order chi connectivity index (χ1) is 20.8. The van der Waals surface area contributed by atoms with Crippen molar-refractivity contribution in [1.82, 2.24) is 14.5 Å². The van der Waals surface area contributed by atoms with Gasteiger partial charge in [-0.2, -0.15) is 0 Å². The van der Waals surface area contributed by atoms with Gasteiger partial charge in [-0.25, -0.2) is 0 Å². The summed E-state index contributed by atoms with van der Waals surface area (Å²) in [6, 6.07) is 32.7. The Balaban J connectivity index is 0.000000161. The van der Waals surface area contributed by atoms with Gasteiger partial charge in [-0.15, -0.1) is 65.7 Å². The van der Waals surface area contributed by atoms with Gasteiger partial charge in [0.05, 0.1) is 22.4 Å². The van der Waals surface area contributed by atoms with Crippen LogP contribution in [0.25, 0.3) is 39.3 Å². The molecule has 2 aliphatic heterocycles.